The Bertz CT molecular complexity index is 425. The van der Waals surface area contributed by atoms with Crippen LogP contribution in [0.1, 0.15) is 36.8 Å². The highest BCUT2D eigenvalue weighted by atomic mass is 16.5. The first-order valence-electron chi connectivity index (χ1n) is 6.00. The molecule has 0 saturated carbocycles. The van der Waals surface area contributed by atoms with E-state index in [0.29, 0.717) is 5.92 Å². The number of ether oxygens (including phenoxy) is 1. The summed E-state index contributed by atoms with van der Waals surface area (Å²) in [5.41, 5.74) is 2.58. The summed E-state index contributed by atoms with van der Waals surface area (Å²) in [6.07, 6.45) is 2.18. The Morgan fingerprint density at radius 3 is 2.94 bits per heavy atom. The number of rotatable bonds is 3. The van der Waals surface area contributed by atoms with Crippen molar-refractivity contribution in [3.63, 3.8) is 0 Å². The van der Waals surface area contributed by atoms with E-state index in [4.69, 9.17) is 9.84 Å². The molecular formula is C14H18O3. The molecule has 0 aliphatic heterocycles. The summed E-state index contributed by atoms with van der Waals surface area (Å²) in [5.74, 6) is 0.764. The van der Waals surface area contributed by atoms with Crippen molar-refractivity contribution in [2.24, 2.45) is 5.92 Å². The quantitative estimate of drug-likeness (QED) is 0.874. The number of aryl methyl sites for hydroxylation is 1. The van der Waals surface area contributed by atoms with Gasteiger partial charge in [0.05, 0.1) is 7.11 Å². The van der Waals surface area contributed by atoms with Gasteiger partial charge in [-0.15, -0.1) is 0 Å². The molecule has 0 heterocycles. The first kappa shape index (κ1) is 12.0. The molecule has 0 radical (unpaired) electrons. The molecule has 1 aromatic rings. The highest BCUT2D eigenvalue weighted by Gasteiger charge is 2.27. The molecule has 2 atom stereocenters. The van der Waals surface area contributed by atoms with Gasteiger partial charge >= 0.3 is 5.97 Å². The Kier molecular flexibility index (Phi) is 3.36. The second-order valence-electron chi connectivity index (χ2n) is 4.75. The van der Waals surface area contributed by atoms with Crippen molar-refractivity contribution in [3.05, 3.63) is 29.3 Å². The van der Waals surface area contributed by atoms with Crippen LogP contribution in [0.4, 0.5) is 0 Å². The largest absolute Gasteiger partial charge is 0.497 e. The Morgan fingerprint density at radius 1 is 1.53 bits per heavy atom. The molecule has 0 amide bonds. The third-order valence-corrected chi connectivity index (χ3v) is 3.77. The number of methoxy groups -OCH3 is 1. The van der Waals surface area contributed by atoms with Crippen LogP contribution in [-0.2, 0) is 11.2 Å². The van der Waals surface area contributed by atoms with E-state index in [-0.39, 0.29) is 12.3 Å². The zero-order valence-electron chi connectivity index (χ0n) is 10.3. The molecule has 2 unspecified atom stereocenters. The fraction of sp³-hybridized carbons (Fsp3) is 0.500. The van der Waals surface area contributed by atoms with Crippen LogP contribution in [0.15, 0.2) is 18.2 Å². The SMILES string of the molecule is COc1ccc2c(c1)CCC(CC(=O)O)C2C. The second-order valence-corrected chi connectivity index (χ2v) is 4.75. The number of carboxylic acid groups (broad SMARTS) is 1. The molecule has 0 bridgehead atoms. The van der Waals surface area contributed by atoms with Crippen molar-refractivity contribution < 1.29 is 14.6 Å². The number of hydrogen-bond donors (Lipinski definition) is 1. The van der Waals surface area contributed by atoms with Crippen LogP contribution in [-0.4, -0.2) is 18.2 Å². The van der Waals surface area contributed by atoms with Gasteiger partial charge in [0, 0.05) is 6.42 Å². The summed E-state index contributed by atoms with van der Waals surface area (Å²) in [7, 11) is 1.67. The lowest BCUT2D eigenvalue weighted by Gasteiger charge is -2.30. The molecule has 3 nitrogen and oxygen atoms in total. The van der Waals surface area contributed by atoms with Crippen molar-refractivity contribution in [1.29, 1.82) is 0 Å². The topological polar surface area (TPSA) is 46.5 Å². The van der Waals surface area contributed by atoms with Gasteiger partial charge in [-0.3, -0.25) is 4.79 Å². The molecule has 92 valence electrons. The number of benzene rings is 1. The van der Waals surface area contributed by atoms with Crippen LogP contribution < -0.4 is 4.74 Å². The fourth-order valence-corrected chi connectivity index (χ4v) is 2.72. The average molecular weight is 234 g/mol. The van der Waals surface area contributed by atoms with E-state index in [1.807, 2.05) is 6.07 Å². The lowest BCUT2D eigenvalue weighted by Crippen LogP contribution is -2.21. The Balaban J connectivity index is 2.23. The lowest BCUT2D eigenvalue weighted by atomic mass is 9.74. The number of aliphatic carboxylic acids is 1. The van der Waals surface area contributed by atoms with Crippen LogP contribution in [0.5, 0.6) is 5.75 Å². The summed E-state index contributed by atoms with van der Waals surface area (Å²) in [5, 5.41) is 8.89. The van der Waals surface area contributed by atoms with Crippen molar-refractivity contribution in [3.8, 4) is 5.75 Å². The van der Waals surface area contributed by atoms with Gasteiger partial charge < -0.3 is 9.84 Å². The van der Waals surface area contributed by atoms with E-state index < -0.39 is 5.97 Å². The van der Waals surface area contributed by atoms with Crippen LogP contribution in [0, 0.1) is 5.92 Å². The minimum Gasteiger partial charge on any atom is -0.497 e. The first-order valence-corrected chi connectivity index (χ1v) is 6.00. The molecule has 1 aliphatic carbocycles. The zero-order chi connectivity index (χ0) is 12.4. The molecule has 3 heteroatoms. The van der Waals surface area contributed by atoms with Crippen molar-refractivity contribution in [2.45, 2.75) is 32.1 Å². The minimum atomic E-state index is -0.696. The maximum atomic E-state index is 10.8. The predicted octanol–water partition coefficient (Wildman–Crippen LogP) is 2.84. The molecule has 0 spiro atoms. The summed E-state index contributed by atoms with van der Waals surface area (Å²) in [6, 6.07) is 6.11. The number of carboxylic acids is 1. The minimum absolute atomic E-state index is 0.258. The molecule has 1 aliphatic rings. The molecule has 1 N–H and O–H groups in total. The van der Waals surface area contributed by atoms with Crippen molar-refractivity contribution >= 4 is 5.97 Å². The molecule has 17 heavy (non-hydrogen) atoms. The van der Waals surface area contributed by atoms with Crippen molar-refractivity contribution in [1.82, 2.24) is 0 Å². The summed E-state index contributed by atoms with van der Waals surface area (Å²) in [4.78, 5) is 10.8. The third-order valence-electron chi connectivity index (χ3n) is 3.77. The number of carbonyl (C=O) groups is 1. The van der Waals surface area contributed by atoms with Crippen LogP contribution in [0.25, 0.3) is 0 Å². The number of fused-ring (bicyclic) bond motifs is 1. The van der Waals surface area contributed by atoms with Gasteiger partial charge in [-0.25, -0.2) is 0 Å². The van der Waals surface area contributed by atoms with Gasteiger partial charge in [0.2, 0.25) is 0 Å². The first-order chi connectivity index (χ1) is 8.11. The van der Waals surface area contributed by atoms with Crippen LogP contribution >= 0.6 is 0 Å². The van der Waals surface area contributed by atoms with Gasteiger partial charge in [0.1, 0.15) is 5.75 Å². The molecular weight excluding hydrogens is 216 g/mol. The molecule has 2 rings (SSSR count). The van der Waals surface area contributed by atoms with Crippen molar-refractivity contribution in [2.75, 3.05) is 7.11 Å². The van der Waals surface area contributed by atoms with E-state index in [2.05, 4.69) is 19.1 Å². The smallest absolute Gasteiger partial charge is 0.303 e. The Morgan fingerprint density at radius 2 is 2.29 bits per heavy atom. The van der Waals surface area contributed by atoms with E-state index in [1.165, 1.54) is 11.1 Å². The summed E-state index contributed by atoms with van der Waals surface area (Å²) in [6.45, 7) is 2.12. The average Bonchev–Trinajstić information content (AvgIpc) is 2.32. The van der Waals surface area contributed by atoms with Gasteiger partial charge in [0.15, 0.2) is 0 Å². The lowest BCUT2D eigenvalue weighted by molar-refractivity contribution is -0.138. The van der Waals surface area contributed by atoms with Gasteiger partial charge in [-0.2, -0.15) is 0 Å². The van der Waals surface area contributed by atoms with Gasteiger partial charge in [-0.1, -0.05) is 13.0 Å². The predicted molar refractivity (Wildman–Crippen MR) is 65.5 cm³/mol. The third kappa shape index (κ3) is 2.43. The highest BCUT2D eigenvalue weighted by Crippen LogP contribution is 2.38. The monoisotopic (exact) mass is 234 g/mol. The molecule has 1 aromatic carbocycles. The summed E-state index contributed by atoms with van der Waals surface area (Å²) >= 11 is 0. The fourth-order valence-electron chi connectivity index (χ4n) is 2.72. The Hall–Kier alpha value is -1.51. The molecule has 0 aromatic heterocycles. The summed E-state index contributed by atoms with van der Waals surface area (Å²) < 4.78 is 5.21. The second kappa shape index (κ2) is 4.78. The van der Waals surface area contributed by atoms with E-state index in [9.17, 15) is 4.79 Å². The van der Waals surface area contributed by atoms with Gasteiger partial charge in [0.25, 0.3) is 0 Å². The van der Waals surface area contributed by atoms with E-state index in [1.54, 1.807) is 7.11 Å². The van der Waals surface area contributed by atoms with Crippen LogP contribution in [0.2, 0.25) is 0 Å². The zero-order valence-corrected chi connectivity index (χ0v) is 10.3. The normalized spacial score (nSPS) is 22.9. The highest BCUT2D eigenvalue weighted by molar-refractivity contribution is 5.67. The number of hydrogen-bond acceptors (Lipinski definition) is 2. The van der Waals surface area contributed by atoms with E-state index in [0.717, 1.165) is 18.6 Å². The van der Waals surface area contributed by atoms with Crippen LogP contribution in [0.3, 0.4) is 0 Å². The molecule has 0 saturated heterocycles. The Labute approximate surface area is 101 Å². The standard InChI is InChI=1S/C14H18O3/c1-9-10(8-14(15)16)3-4-11-7-12(17-2)5-6-13(9)11/h5-7,9-10H,3-4,8H2,1-2H3,(H,15,16). The maximum Gasteiger partial charge on any atom is 0.303 e. The molecule has 0 fully saturated rings. The maximum absolute atomic E-state index is 10.8. The van der Waals surface area contributed by atoms with E-state index >= 15 is 0 Å². The van der Waals surface area contributed by atoms with Gasteiger partial charge in [-0.05, 0) is 47.9 Å².